The van der Waals surface area contributed by atoms with Gasteiger partial charge in [0.05, 0.1) is 27.2 Å². The number of sulfone groups is 2. The molecule has 126 valence electrons. The molecule has 1 saturated heterocycles. The van der Waals surface area contributed by atoms with Gasteiger partial charge in [0, 0.05) is 6.04 Å². The summed E-state index contributed by atoms with van der Waals surface area (Å²) in [6.07, 6.45) is 1.67. The highest BCUT2D eigenvalue weighted by atomic mass is 32.2. The smallest absolute Gasteiger partial charge is 0.254 e. The Hall–Kier alpha value is -1.48. The predicted molar refractivity (Wildman–Crippen MR) is 81.1 cm³/mol. The van der Waals surface area contributed by atoms with Crippen molar-refractivity contribution in [2.24, 2.45) is 0 Å². The number of carbonyl (C=O) groups excluding carboxylic acids is 1. The first kappa shape index (κ1) is 16.4. The number of nitrogens with one attached hydrogen (secondary N) is 1. The van der Waals surface area contributed by atoms with Crippen LogP contribution in [-0.2, 0) is 19.7 Å². The Labute approximate surface area is 133 Å². The van der Waals surface area contributed by atoms with E-state index in [9.17, 15) is 26.0 Å². The summed E-state index contributed by atoms with van der Waals surface area (Å²) in [5, 5.41) is 1.56. The molecule has 1 saturated carbocycles. The molecule has 1 aliphatic carbocycles. The van der Waals surface area contributed by atoms with E-state index in [0.29, 0.717) is 0 Å². The monoisotopic (exact) mass is 361 g/mol. The minimum absolute atomic E-state index is 0.0159. The molecule has 3 rings (SSSR count). The summed E-state index contributed by atoms with van der Waals surface area (Å²) in [7, 11) is -7.28. The molecule has 1 aromatic rings. The molecule has 1 aliphatic heterocycles. The number of amides is 1. The highest BCUT2D eigenvalue weighted by Gasteiger charge is 2.38. The predicted octanol–water partition coefficient (Wildman–Crippen LogP) is 0.679. The SMILES string of the molecule is O=C(NC1CC1)c1cc(S(=O)(=O)C2CCS(=O)(=O)C2)ccc1F. The average Bonchev–Trinajstić information content (AvgIpc) is 3.19. The minimum Gasteiger partial charge on any atom is -0.349 e. The number of benzene rings is 1. The maximum absolute atomic E-state index is 13.8. The molecule has 0 aromatic heterocycles. The second-order valence-electron chi connectivity index (χ2n) is 5.96. The molecule has 1 heterocycles. The third kappa shape index (κ3) is 3.40. The van der Waals surface area contributed by atoms with Gasteiger partial charge in [0.2, 0.25) is 0 Å². The van der Waals surface area contributed by atoms with Gasteiger partial charge in [-0.25, -0.2) is 21.2 Å². The molecule has 0 spiro atoms. The molecule has 9 heteroatoms. The number of halogens is 1. The van der Waals surface area contributed by atoms with Crippen molar-refractivity contribution in [2.45, 2.75) is 35.4 Å². The third-order valence-corrected chi connectivity index (χ3v) is 8.22. The van der Waals surface area contributed by atoms with Crippen molar-refractivity contribution in [3.05, 3.63) is 29.6 Å². The first-order valence-corrected chi connectivity index (χ1v) is 10.6. The lowest BCUT2D eigenvalue weighted by Crippen LogP contribution is -2.27. The van der Waals surface area contributed by atoms with Crippen LogP contribution in [0.4, 0.5) is 4.39 Å². The molecule has 0 bridgehead atoms. The Bertz CT molecular complexity index is 859. The molecule has 0 radical (unpaired) electrons. The fraction of sp³-hybridized carbons (Fsp3) is 0.500. The Morgan fingerprint density at radius 2 is 1.91 bits per heavy atom. The summed E-state index contributed by atoms with van der Waals surface area (Å²) in [6.45, 7) is 0. The molecule has 1 amide bonds. The van der Waals surface area contributed by atoms with Crippen LogP contribution in [0.15, 0.2) is 23.1 Å². The van der Waals surface area contributed by atoms with Crippen LogP contribution < -0.4 is 5.32 Å². The molecule has 2 aliphatic rings. The second kappa shape index (κ2) is 5.55. The summed E-state index contributed by atoms with van der Waals surface area (Å²) in [5.41, 5.74) is -0.334. The van der Waals surface area contributed by atoms with Crippen molar-refractivity contribution in [3.8, 4) is 0 Å². The van der Waals surface area contributed by atoms with E-state index < -0.39 is 42.4 Å². The van der Waals surface area contributed by atoms with Crippen LogP contribution in [0.25, 0.3) is 0 Å². The number of carbonyl (C=O) groups is 1. The van der Waals surface area contributed by atoms with Crippen LogP contribution >= 0.6 is 0 Å². The lowest BCUT2D eigenvalue weighted by atomic mass is 10.2. The van der Waals surface area contributed by atoms with Gasteiger partial charge < -0.3 is 5.32 Å². The quantitative estimate of drug-likeness (QED) is 0.796. The summed E-state index contributed by atoms with van der Waals surface area (Å²) in [5.74, 6) is -2.06. The van der Waals surface area contributed by atoms with Gasteiger partial charge in [-0.3, -0.25) is 4.79 Å². The van der Waals surface area contributed by atoms with Crippen molar-refractivity contribution in [1.29, 1.82) is 0 Å². The number of hydrogen-bond acceptors (Lipinski definition) is 5. The highest BCUT2D eigenvalue weighted by molar-refractivity contribution is 7.96. The molecular weight excluding hydrogens is 345 g/mol. The molecule has 1 N–H and O–H groups in total. The van der Waals surface area contributed by atoms with Crippen molar-refractivity contribution < 1.29 is 26.0 Å². The van der Waals surface area contributed by atoms with Gasteiger partial charge >= 0.3 is 0 Å². The summed E-state index contributed by atoms with van der Waals surface area (Å²) in [4.78, 5) is 11.8. The van der Waals surface area contributed by atoms with Crippen LogP contribution in [-0.4, -0.2) is 45.5 Å². The Morgan fingerprint density at radius 1 is 1.22 bits per heavy atom. The van der Waals surface area contributed by atoms with E-state index in [1.54, 1.807) is 0 Å². The van der Waals surface area contributed by atoms with E-state index in [1.165, 1.54) is 0 Å². The highest BCUT2D eigenvalue weighted by Crippen LogP contribution is 2.27. The van der Waals surface area contributed by atoms with Crippen LogP contribution in [0.1, 0.15) is 29.6 Å². The zero-order valence-corrected chi connectivity index (χ0v) is 13.8. The molecule has 6 nitrogen and oxygen atoms in total. The Morgan fingerprint density at radius 3 is 2.48 bits per heavy atom. The molecule has 1 atom stereocenters. The maximum atomic E-state index is 13.8. The van der Waals surface area contributed by atoms with Gasteiger partial charge in [-0.2, -0.15) is 0 Å². The van der Waals surface area contributed by atoms with Gasteiger partial charge in [-0.15, -0.1) is 0 Å². The first-order chi connectivity index (χ1) is 10.7. The van der Waals surface area contributed by atoms with Crippen LogP contribution in [0.5, 0.6) is 0 Å². The molecule has 2 fully saturated rings. The van der Waals surface area contributed by atoms with E-state index in [4.69, 9.17) is 0 Å². The van der Waals surface area contributed by atoms with E-state index >= 15 is 0 Å². The van der Waals surface area contributed by atoms with Gasteiger partial charge in [-0.05, 0) is 37.5 Å². The van der Waals surface area contributed by atoms with Gasteiger partial charge in [-0.1, -0.05) is 0 Å². The third-order valence-electron chi connectivity index (χ3n) is 4.05. The topological polar surface area (TPSA) is 97.4 Å². The van der Waals surface area contributed by atoms with Gasteiger partial charge in [0.25, 0.3) is 5.91 Å². The average molecular weight is 361 g/mol. The lowest BCUT2D eigenvalue weighted by Gasteiger charge is -2.12. The number of hydrogen-bond donors (Lipinski definition) is 1. The van der Waals surface area contributed by atoms with Gasteiger partial charge in [0.1, 0.15) is 5.82 Å². The molecular formula is C14H16FNO5S2. The normalized spacial score (nSPS) is 23.6. The lowest BCUT2D eigenvalue weighted by molar-refractivity contribution is 0.0947. The fourth-order valence-electron chi connectivity index (χ4n) is 2.54. The van der Waals surface area contributed by atoms with Crippen molar-refractivity contribution >= 4 is 25.6 Å². The van der Waals surface area contributed by atoms with E-state index in [2.05, 4.69) is 5.32 Å². The first-order valence-electron chi connectivity index (χ1n) is 7.24. The summed E-state index contributed by atoms with van der Waals surface area (Å²) < 4.78 is 61.9. The molecule has 23 heavy (non-hydrogen) atoms. The fourth-order valence-corrected chi connectivity index (χ4v) is 6.93. The van der Waals surface area contributed by atoms with Crippen LogP contribution in [0.3, 0.4) is 0 Å². The molecule has 1 unspecified atom stereocenters. The Balaban J connectivity index is 1.91. The minimum atomic E-state index is -3.92. The standard InChI is InChI=1S/C14H16FNO5S2/c15-13-4-3-10(7-12(13)14(17)16-9-1-2-9)23(20,21)11-5-6-22(18,19)8-11/h3-4,7,9,11H,1-2,5-6,8H2,(H,16,17). The second-order valence-corrected chi connectivity index (χ2v) is 10.4. The van der Waals surface area contributed by atoms with Crippen LogP contribution in [0.2, 0.25) is 0 Å². The zero-order chi connectivity index (χ0) is 16.8. The number of rotatable bonds is 4. The van der Waals surface area contributed by atoms with Gasteiger partial charge in [0.15, 0.2) is 19.7 Å². The van der Waals surface area contributed by atoms with Crippen molar-refractivity contribution in [2.75, 3.05) is 11.5 Å². The zero-order valence-electron chi connectivity index (χ0n) is 12.2. The van der Waals surface area contributed by atoms with E-state index in [1.807, 2.05) is 0 Å². The summed E-state index contributed by atoms with van der Waals surface area (Å²) >= 11 is 0. The Kier molecular flexibility index (Phi) is 3.96. The van der Waals surface area contributed by atoms with Crippen molar-refractivity contribution in [1.82, 2.24) is 5.32 Å². The molecule has 1 aromatic carbocycles. The largest absolute Gasteiger partial charge is 0.349 e. The maximum Gasteiger partial charge on any atom is 0.254 e. The van der Waals surface area contributed by atoms with E-state index in [0.717, 1.165) is 31.0 Å². The summed E-state index contributed by atoms with van der Waals surface area (Å²) in [6, 6.07) is 3.01. The van der Waals surface area contributed by atoms with Crippen molar-refractivity contribution in [3.63, 3.8) is 0 Å². The van der Waals surface area contributed by atoms with E-state index in [-0.39, 0.29) is 28.7 Å². The van der Waals surface area contributed by atoms with Crippen LogP contribution in [0, 0.1) is 5.82 Å².